The van der Waals surface area contributed by atoms with E-state index in [1.165, 1.54) is 23.5 Å². The maximum Gasteiger partial charge on any atom is 0.451 e. The SMILES string of the molecule is O=C(OCC1c2ccccc2-c2ccccc21)N1C2C=C(c3cnc(C(F)(F)F)nc3)CC1CC2. The summed E-state index contributed by atoms with van der Waals surface area (Å²) in [6.07, 6.45) is 1.59. The molecule has 3 aliphatic rings. The first-order valence-corrected chi connectivity index (χ1v) is 11.6. The average molecular weight is 477 g/mol. The molecule has 2 aromatic carbocycles. The maximum absolute atomic E-state index is 13.2. The highest BCUT2D eigenvalue weighted by Gasteiger charge is 2.41. The van der Waals surface area contributed by atoms with E-state index >= 15 is 0 Å². The van der Waals surface area contributed by atoms with E-state index in [1.54, 1.807) is 4.90 Å². The molecule has 2 aliphatic heterocycles. The first kappa shape index (κ1) is 21.8. The van der Waals surface area contributed by atoms with Crippen molar-refractivity contribution in [1.29, 1.82) is 0 Å². The van der Waals surface area contributed by atoms with Crippen LogP contribution in [0.15, 0.2) is 67.0 Å². The van der Waals surface area contributed by atoms with E-state index < -0.39 is 12.0 Å². The van der Waals surface area contributed by atoms with Crippen LogP contribution in [-0.2, 0) is 10.9 Å². The molecule has 3 heterocycles. The summed E-state index contributed by atoms with van der Waals surface area (Å²) in [5.74, 6) is -1.16. The number of aromatic nitrogens is 2. The van der Waals surface area contributed by atoms with Crippen molar-refractivity contribution in [2.45, 2.75) is 43.4 Å². The first-order valence-electron chi connectivity index (χ1n) is 11.6. The predicted octanol–water partition coefficient (Wildman–Crippen LogP) is 6.06. The zero-order valence-electron chi connectivity index (χ0n) is 18.7. The number of carbonyl (C=O) groups is 1. The molecule has 2 unspecified atom stereocenters. The van der Waals surface area contributed by atoms with Crippen molar-refractivity contribution < 1.29 is 22.7 Å². The van der Waals surface area contributed by atoms with Crippen LogP contribution in [0.5, 0.6) is 0 Å². The third-order valence-electron chi connectivity index (χ3n) is 7.22. The van der Waals surface area contributed by atoms with E-state index in [0.29, 0.717) is 12.0 Å². The van der Waals surface area contributed by atoms with Crippen molar-refractivity contribution >= 4 is 11.7 Å². The number of benzene rings is 2. The van der Waals surface area contributed by atoms with E-state index in [2.05, 4.69) is 34.2 Å². The molecule has 35 heavy (non-hydrogen) atoms. The number of fused-ring (bicyclic) bond motifs is 5. The lowest BCUT2D eigenvalue weighted by Crippen LogP contribution is -2.43. The Morgan fingerprint density at radius 2 is 1.60 bits per heavy atom. The minimum absolute atomic E-state index is 0.0100. The molecule has 8 heteroatoms. The molecular weight excluding hydrogens is 455 g/mol. The molecule has 2 atom stereocenters. The standard InChI is InChI=1S/C27H22F3N3O2/c28-27(29,30)25-31-13-17(14-32-25)16-11-18-9-10-19(12-16)33(18)26(34)35-15-24-22-7-3-1-5-20(22)21-6-2-4-8-23(21)24/h1-8,11,13-14,18-19,24H,9-10,12,15H2. The predicted molar refractivity (Wildman–Crippen MR) is 123 cm³/mol. The molecule has 1 aliphatic carbocycles. The second-order valence-electron chi connectivity index (χ2n) is 9.20. The van der Waals surface area contributed by atoms with Crippen LogP contribution in [0.1, 0.15) is 47.7 Å². The Hall–Kier alpha value is -3.68. The lowest BCUT2D eigenvalue weighted by atomic mass is 9.97. The molecule has 3 aromatic rings. The molecule has 0 saturated carbocycles. The number of amides is 1. The van der Waals surface area contributed by atoms with Crippen molar-refractivity contribution in [1.82, 2.24) is 14.9 Å². The summed E-state index contributed by atoms with van der Waals surface area (Å²) >= 11 is 0. The van der Waals surface area contributed by atoms with Gasteiger partial charge in [0.2, 0.25) is 5.82 Å². The average Bonchev–Trinajstić information content (AvgIpc) is 3.32. The normalized spacial score (nSPS) is 20.9. The van der Waals surface area contributed by atoms with Crippen molar-refractivity contribution in [3.05, 3.63) is 89.5 Å². The zero-order valence-corrected chi connectivity index (χ0v) is 18.7. The van der Waals surface area contributed by atoms with Gasteiger partial charge in [0, 0.05) is 29.9 Å². The van der Waals surface area contributed by atoms with Gasteiger partial charge in [-0.2, -0.15) is 13.2 Å². The van der Waals surface area contributed by atoms with E-state index in [4.69, 9.17) is 4.74 Å². The van der Waals surface area contributed by atoms with E-state index in [-0.39, 0.29) is 30.7 Å². The monoisotopic (exact) mass is 477 g/mol. The minimum Gasteiger partial charge on any atom is -0.448 e. The number of rotatable bonds is 3. The summed E-state index contributed by atoms with van der Waals surface area (Å²) in [6, 6.07) is 16.2. The van der Waals surface area contributed by atoms with Crippen molar-refractivity contribution in [2.24, 2.45) is 0 Å². The van der Waals surface area contributed by atoms with Crippen LogP contribution in [0, 0.1) is 0 Å². The third kappa shape index (κ3) is 3.77. The Morgan fingerprint density at radius 1 is 0.971 bits per heavy atom. The van der Waals surface area contributed by atoms with Crippen molar-refractivity contribution in [3.63, 3.8) is 0 Å². The molecule has 1 saturated heterocycles. The number of hydrogen-bond acceptors (Lipinski definition) is 4. The molecule has 178 valence electrons. The Morgan fingerprint density at radius 3 is 2.20 bits per heavy atom. The lowest BCUT2D eigenvalue weighted by molar-refractivity contribution is -0.145. The number of alkyl halides is 3. The van der Waals surface area contributed by atoms with Gasteiger partial charge in [-0.3, -0.25) is 4.90 Å². The van der Waals surface area contributed by atoms with Crippen molar-refractivity contribution in [2.75, 3.05) is 6.61 Å². The Bertz CT molecular complexity index is 1270. The summed E-state index contributed by atoms with van der Waals surface area (Å²) < 4.78 is 44.2. The Balaban J connectivity index is 1.18. The number of carbonyl (C=O) groups excluding carboxylic acids is 1. The number of nitrogens with zero attached hydrogens (tertiary/aromatic N) is 3. The van der Waals surface area contributed by atoms with Gasteiger partial charge in [0.05, 0.1) is 6.04 Å². The molecular formula is C27H22F3N3O2. The number of ether oxygens (including phenoxy) is 1. The van der Waals surface area contributed by atoms with Gasteiger partial charge in [-0.15, -0.1) is 0 Å². The van der Waals surface area contributed by atoms with Crippen LogP contribution >= 0.6 is 0 Å². The molecule has 1 aromatic heterocycles. The molecule has 6 rings (SSSR count). The fourth-order valence-corrected chi connectivity index (χ4v) is 5.64. The smallest absolute Gasteiger partial charge is 0.448 e. The Kier molecular flexibility index (Phi) is 5.12. The van der Waals surface area contributed by atoms with E-state index in [0.717, 1.165) is 29.5 Å². The Labute approximate surface area is 200 Å². The quantitative estimate of drug-likeness (QED) is 0.460. The highest BCUT2D eigenvalue weighted by Crippen LogP contribution is 2.45. The van der Waals surface area contributed by atoms with Gasteiger partial charge in [0.15, 0.2) is 0 Å². The second-order valence-corrected chi connectivity index (χ2v) is 9.20. The summed E-state index contributed by atoms with van der Waals surface area (Å²) in [7, 11) is 0. The van der Waals surface area contributed by atoms with Gasteiger partial charge >= 0.3 is 12.3 Å². The molecule has 5 nitrogen and oxygen atoms in total. The molecule has 2 bridgehead atoms. The second kappa shape index (κ2) is 8.22. The van der Waals surface area contributed by atoms with Crippen LogP contribution in [0.4, 0.5) is 18.0 Å². The number of hydrogen-bond donors (Lipinski definition) is 0. The zero-order chi connectivity index (χ0) is 24.2. The molecule has 0 spiro atoms. The van der Waals surface area contributed by atoms with Gasteiger partial charge in [0.25, 0.3) is 0 Å². The van der Waals surface area contributed by atoms with Gasteiger partial charge in [-0.25, -0.2) is 14.8 Å². The third-order valence-corrected chi connectivity index (χ3v) is 7.22. The highest BCUT2D eigenvalue weighted by molar-refractivity contribution is 5.79. The minimum atomic E-state index is -4.57. The largest absolute Gasteiger partial charge is 0.451 e. The summed E-state index contributed by atoms with van der Waals surface area (Å²) in [6.45, 7) is 0.256. The summed E-state index contributed by atoms with van der Waals surface area (Å²) in [5, 5.41) is 0. The highest BCUT2D eigenvalue weighted by atomic mass is 19.4. The van der Waals surface area contributed by atoms with Crippen LogP contribution in [0.3, 0.4) is 0 Å². The van der Waals surface area contributed by atoms with Gasteiger partial charge in [-0.05, 0) is 47.1 Å². The van der Waals surface area contributed by atoms with Crippen LogP contribution in [-0.4, -0.2) is 39.7 Å². The summed E-state index contributed by atoms with van der Waals surface area (Å²) in [4.78, 5) is 21.9. The summed E-state index contributed by atoms with van der Waals surface area (Å²) in [5.41, 5.74) is 6.10. The molecule has 1 amide bonds. The van der Waals surface area contributed by atoms with Gasteiger partial charge in [0.1, 0.15) is 6.61 Å². The molecule has 1 fully saturated rings. The van der Waals surface area contributed by atoms with Gasteiger partial charge < -0.3 is 4.74 Å². The fraction of sp³-hybridized carbons (Fsp3) is 0.296. The van der Waals surface area contributed by atoms with E-state index in [9.17, 15) is 18.0 Å². The van der Waals surface area contributed by atoms with Crippen LogP contribution in [0.25, 0.3) is 16.7 Å². The van der Waals surface area contributed by atoms with Crippen LogP contribution in [0.2, 0.25) is 0 Å². The number of halogens is 3. The molecule has 0 N–H and O–H groups in total. The van der Waals surface area contributed by atoms with E-state index in [1.807, 2.05) is 30.3 Å². The molecule has 0 radical (unpaired) electrons. The van der Waals surface area contributed by atoms with Gasteiger partial charge in [-0.1, -0.05) is 54.6 Å². The maximum atomic E-state index is 13.2. The fourth-order valence-electron chi connectivity index (χ4n) is 5.64. The first-order chi connectivity index (χ1) is 16.9. The van der Waals surface area contributed by atoms with Crippen molar-refractivity contribution in [3.8, 4) is 11.1 Å². The van der Waals surface area contributed by atoms with Crippen LogP contribution < -0.4 is 0 Å². The lowest BCUT2D eigenvalue weighted by Gasteiger charge is -2.33. The topological polar surface area (TPSA) is 55.3 Å².